The molecule has 5 nitrogen and oxygen atoms in total. The van der Waals surface area contributed by atoms with Crippen molar-refractivity contribution in [1.82, 2.24) is 10.2 Å². The van der Waals surface area contributed by atoms with Crippen molar-refractivity contribution in [2.45, 2.75) is 44.4 Å². The van der Waals surface area contributed by atoms with E-state index < -0.39 is 5.72 Å². The summed E-state index contributed by atoms with van der Waals surface area (Å²) in [7, 11) is 0. The molecule has 2 aromatic carbocycles. The Hall–Kier alpha value is -2.53. The number of hydrogen-bond donors (Lipinski definition) is 1. The Bertz CT molecular complexity index is 866. The molecule has 3 aliphatic rings. The zero-order valence-corrected chi connectivity index (χ0v) is 16.9. The molecule has 0 aliphatic carbocycles. The standard InChI is InChI=1S/C24H29N3O2/c28-23-21-6-2-3-7-22(21)29-24(25-23)12-16-26(17-13-24)18-19-8-10-20(11-9-19)27-14-4-1-5-15-27/h2-3,6-11H,1,4-5,12-18H2,(H,25,28). The van der Waals surface area contributed by atoms with Gasteiger partial charge in [0, 0.05) is 51.3 Å². The fraction of sp³-hybridized carbons (Fsp3) is 0.458. The van der Waals surface area contributed by atoms with Crippen molar-refractivity contribution >= 4 is 11.6 Å². The molecule has 0 atom stereocenters. The van der Waals surface area contributed by atoms with Crippen LogP contribution in [0.25, 0.3) is 0 Å². The predicted molar refractivity (Wildman–Crippen MR) is 114 cm³/mol. The van der Waals surface area contributed by atoms with Crippen molar-refractivity contribution in [3.05, 3.63) is 59.7 Å². The third-order valence-corrected chi connectivity index (χ3v) is 6.51. The Balaban J connectivity index is 1.19. The Morgan fingerprint density at radius 1 is 0.897 bits per heavy atom. The smallest absolute Gasteiger partial charge is 0.258 e. The molecule has 29 heavy (non-hydrogen) atoms. The predicted octanol–water partition coefficient (Wildman–Crippen LogP) is 3.79. The Kier molecular flexibility index (Phi) is 4.92. The molecule has 152 valence electrons. The van der Waals surface area contributed by atoms with Crippen LogP contribution in [0.15, 0.2) is 48.5 Å². The summed E-state index contributed by atoms with van der Waals surface area (Å²) in [6.45, 7) is 5.14. The minimum absolute atomic E-state index is 0.0198. The number of nitrogens with zero attached hydrogens (tertiary/aromatic N) is 2. The van der Waals surface area contributed by atoms with E-state index in [4.69, 9.17) is 4.74 Å². The second kappa shape index (κ2) is 7.71. The fourth-order valence-corrected chi connectivity index (χ4v) is 4.78. The number of rotatable bonds is 3. The van der Waals surface area contributed by atoms with Gasteiger partial charge in [-0.3, -0.25) is 9.69 Å². The van der Waals surface area contributed by atoms with E-state index in [1.54, 1.807) is 0 Å². The van der Waals surface area contributed by atoms with Gasteiger partial charge < -0.3 is 15.0 Å². The molecule has 0 bridgehead atoms. The first-order chi connectivity index (χ1) is 14.2. The topological polar surface area (TPSA) is 44.8 Å². The molecule has 1 spiro atoms. The molecule has 1 N–H and O–H groups in total. The fourth-order valence-electron chi connectivity index (χ4n) is 4.78. The summed E-state index contributed by atoms with van der Waals surface area (Å²) < 4.78 is 6.25. The van der Waals surface area contributed by atoms with Crippen molar-refractivity contribution in [1.29, 1.82) is 0 Å². The number of anilines is 1. The molecule has 0 saturated carbocycles. The number of nitrogens with one attached hydrogen (secondary N) is 1. The van der Waals surface area contributed by atoms with Gasteiger partial charge >= 0.3 is 0 Å². The van der Waals surface area contributed by atoms with Crippen LogP contribution in [0.2, 0.25) is 0 Å². The molecule has 1 amide bonds. The van der Waals surface area contributed by atoms with Gasteiger partial charge in [-0.25, -0.2) is 0 Å². The van der Waals surface area contributed by atoms with Gasteiger partial charge in [-0.15, -0.1) is 0 Å². The van der Waals surface area contributed by atoms with Gasteiger partial charge in [-0.2, -0.15) is 0 Å². The maximum absolute atomic E-state index is 12.5. The molecule has 0 unspecified atom stereocenters. The minimum atomic E-state index is -0.555. The van der Waals surface area contributed by atoms with Crippen molar-refractivity contribution in [3.8, 4) is 5.75 Å². The largest absolute Gasteiger partial charge is 0.467 e. The lowest BCUT2D eigenvalue weighted by Crippen LogP contribution is -2.60. The van der Waals surface area contributed by atoms with Crippen molar-refractivity contribution in [2.75, 3.05) is 31.1 Å². The third-order valence-electron chi connectivity index (χ3n) is 6.51. The van der Waals surface area contributed by atoms with Crippen molar-refractivity contribution < 1.29 is 9.53 Å². The van der Waals surface area contributed by atoms with Gasteiger partial charge in [-0.05, 0) is 49.1 Å². The zero-order chi connectivity index (χ0) is 19.7. The van der Waals surface area contributed by atoms with Crippen LogP contribution in [0, 0.1) is 0 Å². The van der Waals surface area contributed by atoms with Crippen LogP contribution in [0.1, 0.15) is 48.0 Å². The van der Waals surface area contributed by atoms with Gasteiger partial charge in [0.2, 0.25) is 0 Å². The lowest BCUT2D eigenvalue weighted by Gasteiger charge is -2.44. The SMILES string of the molecule is O=C1NC2(CCN(Cc3ccc(N4CCCCC4)cc3)CC2)Oc2ccccc21. The van der Waals surface area contributed by atoms with Gasteiger partial charge in [0.25, 0.3) is 5.91 Å². The lowest BCUT2D eigenvalue weighted by atomic mass is 9.96. The molecule has 5 rings (SSSR count). The average molecular weight is 392 g/mol. The summed E-state index contributed by atoms with van der Waals surface area (Å²) >= 11 is 0. The van der Waals surface area contributed by atoms with Crippen LogP contribution < -0.4 is 15.0 Å². The maximum Gasteiger partial charge on any atom is 0.258 e. The van der Waals surface area contributed by atoms with Gasteiger partial charge in [0.05, 0.1) is 5.56 Å². The number of carbonyl (C=O) groups excluding carboxylic acids is 1. The highest BCUT2D eigenvalue weighted by Gasteiger charge is 2.42. The molecular weight excluding hydrogens is 362 g/mol. The van der Waals surface area contributed by atoms with Crippen LogP contribution in [0.5, 0.6) is 5.75 Å². The summed E-state index contributed by atoms with van der Waals surface area (Å²) in [6, 6.07) is 16.6. The van der Waals surface area contributed by atoms with Gasteiger partial charge in [0.1, 0.15) is 5.75 Å². The average Bonchev–Trinajstić information content (AvgIpc) is 2.77. The second-order valence-corrected chi connectivity index (χ2v) is 8.54. The summed E-state index contributed by atoms with van der Waals surface area (Å²) in [5.41, 5.74) is 2.78. The molecule has 3 heterocycles. The number of likely N-dealkylation sites (tertiary alicyclic amines) is 1. The van der Waals surface area contributed by atoms with Crippen LogP contribution >= 0.6 is 0 Å². The van der Waals surface area contributed by atoms with E-state index in [1.807, 2.05) is 24.3 Å². The Labute approximate surface area is 172 Å². The highest BCUT2D eigenvalue weighted by atomic mass is 16.5. The number of hydrogen-bond acceptors (Lipinski definition) is 4. The van der Waals surface area contributed by atoms with Crippen LogP contribution in [0.4, 0.5) is 5.69 Å². The molecular formula is C24H29N3O2. The monoisotopic (exact) mass is 391 g/mol. The molecule has 2 aromatic rings. The first-order valence-corrected chi connectivity index (χ1v) is 10.9. The van der Waals surface area contributed by atoms with E-state index in [0.29, 0.717) is 11.3 Å². The quantitative estimate of drug-likeness (QED) is 0.865. The number of carbonyl (C=O) groups is 1. The number of para-hydroxylation sites is 1. The van der Waals surface area contributed by atoms with E-state index in [-0.39, 0.29) is 5.91 Å². The lowest BCUT2D eigenvalue weighted by molar-refractivity contribution is -0.0304. The number of benzene rings is 2. The first kappa shape index (κ1) is 18.5. The second-order valence-electron chi connectivity index (χ2n) is 8.54. The molecule has 5 heteroatoms. The normalized spacial score (nSPS) is 21.4. The van der Waals surface area contributed by atoms with E-state index >= 15 is 0 Å². The van der Waals surface area contributed by atoms with Crippen molar-refractivity contribution in [2.24, 2.45) is 0 Å². The summed E-state index contributed by atoms with van der Waals surface area (Å²) in [4.78, 5) is 17.4. The molecule has 0 radical (unpaired) electrons. The highest BCUT2D eigenvalue weighted by molar-refractivity contribution is 5.98. The summed E-state index contributed by atoms with van der Waals surface area (Å²) in [6.07, 6.45) is 5.58. The minimum Gasteiger partial charge on any atom is -0.467 e. The van der Waals surface area contributed by atoms with E-state index in [0.717, 1.165) is 32.5 Å². The molecule has 3 aliphatic heterocycles. The molecule has 0 aromatic heterocycles. The molecule has 2 saturated heterocycles. The summed E-state index contributed by atoms with van der Waals surface area (Å²) in [5.74, 6) is 0.687. The third kappa shape index (κ3) is 3.84. The number of fused-ring (bicyclic) bond motifs is 1. The van der Waals surface area contributed by atoms with E-state index in [2.05, 4.69) is 39.4 Å². The highest BCUT2D eigenvalue weighted by Crippen LogP contribution is 2.33. The van der Waals surface area contributed by atoms with Gasteiger partial charge in [0.15, 0.2) is 5.72 Å². The van der Waals surface area contributed by atoms with Crippen LogP contribution in [-0.2, 0) is 6.54 Å². The zero-order valence-electron chi connectivity index (χ0n) is 16.9. The van der Waals surface area contributed by atoms with Crippen LogP contribution in [-0.4, -0.2) is 42.7 Å². The first-order valence-electron chi connectivity index (χ1n) is 10.9. The van der Waals surface area contributed by atoms with E-state index in [1.165, 1.54) is 43.6 Å². The molecule has 2 fully saturated rings. The van der Waals surface area contributed by atoms with Crippen molar-refractivity contribution in [3.63, 3.8) is 0 Å². The van der Waals surface area contributed by atoms with Gasteiger partial charge in [-0.1, -0.05) is 24.3 Å². The Morgan fingerprint density at radius 3 is 2.38 bits per heavy atom. The maximum atomic E-state index is 12.5. The number of amides is 1. The summed E-state index contributed by atoms with van der Waals surface area (Å²) in [5, 5.41) is 3.12. The number of piperidine rings is 2. The van der Waals surface area contributed by atoms with Crippen LogP contribution in [0.3, 0.4) is 0 Å². The number of ether oxygens (including phenoxy) is 1. The Morgan fingerprint density at radius 2 is 1.62 bits per heavy atom. The van der Waals surface area contributed by atoms with E-state index in [9.17, 15) is 4.79 Å².